The van der Waals surface area contributed by atoms with Crippen LogP contribution in [0.25, 0.3) is 10.8 Å². The number of fused-ring (bicyclic) bond motifs is 1. The van der Waals surface area contributed by atoms with Crippen LogP contribution in [0.4, 0.5) is 4.39 Å². The molecule has 3 aromatic rings. The molecular formula is C20H22FIN4. The van der Waals surface area contributed by atoms with Crippen LogP contribution in [-0.4, -0.2) is 29.9 Å². The van der Waals surface area contributed by atoms with E-state index >= 15 is 0 Å². The van der Waals surface area contributed by atoms with Gasteiger partial charge in [0.05, 0.1) is 12.2 Å². The number of rotatable bonds is 4. The molecule has 1 aromatic heterocycles. The van der Waals surface area contributed by atoms with Crippen molar-refractivity contribution < 1.29 is 4.39 Å². The fourth-order valence-electron chi connectivity index (χ4n) is 2.81. The number of halogens is 2. The monoisotopic (exact) mass is 464 g/mol. The van der Waals surface area contributed by atoms with Gasteiger partial charge in [0.1, 0.15) is 5.82 Å². The summed E-state index contributed by atoms with van der Waals surface area (Å²) in [6.07, 6.45) is 1.82. The first-order valence-corrected chi connectivity index (χ1v) is 8.16. The highest BCUT2D eigenvalue weighted by molar-refractivity contribution is 14.0. The van der Waals surface area contributed by atoms with Crippen LogP contribution in [0.3, 0.4) is 0 Å². The summed E-state index contributed by atoms with van der Waals surface area (Å²) in [5.74, 6) is 0.537. The summed E-state index contributed by atoms with van der Waals surface area (Å²) in [4.78, 5) is 10.8. The summed E-state index contributed by atoms with van der Waals surface area (Å²) in [7, 11) is 3.70. The van der Waals surface area contributed by atoms with Crippen molar-refractivity contribution in [3.05, 3.63) is 77.9 Å². The van der Waals surface area contributed by atoms with Crippen molar-refractivity contribution >= 4 is 40.7 Å². The van der Waals surface area contributed by atoms with E-state index < -0.39 is 0 Å². The van der Waals surface area contributed by atoms with Gasteiger partial charge in [-0.05, 0) is 29.1 Å². The van der Waals surface area contributed by atoms with E-state index in [1.54, 1.807) is 19.2 Å². The SMILES string of the molecule is CN=C(NCc1nccc2ccccc12)N(C)Cc1ccc(F)cc1.I. The Bertz CT molecular complexity index is 875. The number of nitrogens with one attached hydrogen (secondary N) is 1. The molecular weight excluding hydrogens is 442 g/mol. The minimum atomic E-state index is -0.226. The van der Waals surface area contributed by atoms with Gasteiger partial charge in [-0.3, -0.25) is 9.98 Å². The van der Waals surface area contributed by atoms with Gasteiger partial charge in [-0.2, -0.15) is 0 Å². The number of guanidine groups is 1. The third-order valence-corrected chi connectivity index (χ3v) is 4.08. The maximum absolute atomic E-state index is 13.0. The van der Waals surface area contributed by atoms with Crippen LogP contribution in [0.1, 0.15) is 11.3 Å². The van der Waals surface area contributed by atoms with Crippen LogP contribution in [0, 0.1) is 5.82 Å². The highest BCUT2D eigenvalue weighted by Crippen LogP contribution is 2.16. The van der Waals surface area contributed by atoms with E-state index in [9.17, 15) is 4.39 Å². The van der Waals surface area contributed by atoms with Crippen molar-refractivity contribution in [3.63, 3.8) is 0 Å². The lowest BCUT2D eigenvalue weighted by atomic mass is 10.1. The molecule has 4 nitrogen and oxygen atoms in total. The Balaban J connectivity index is 0.00000243. The van der Waals surface area contributed by atoms with Gasteiger partial charge in [0, 0.05) is 32.2 Å². The van der Waals surface area contributed by atoms with E-state index in [-0.39, 0.29) is 29.8 Å². The highest BCUT2D eigenvalue weighted by atomic mass is 127. The predicted octanol–water partition coefficient (Wildman–Crippen LogP) is 4.20. The van der Waals surface area contributed by atoms with Crippen molar-refractivity contribution in [3.8, 4) is 0 Å². The van der Waals surface area contributed by atoms with Gasteiger partial charge in [-0.25, -0.2) is 4.39 Å². The van der Waals surface area contributed by atoms with E-state index in [0.717, 1.165) is 22.6 Å². The largest absolute Gasteiger partial charge is 0.351 e. The molecule has 0 unspecified atom stereocenters. The molecule has 0 aliphatic heterocycles. The molecule has 0 atom stereocenters. The maximum atomic E-state index is 13.0. The normalized spacial score (nSPS) is 11.1. The lowest BCUT2D eigenvalue weighted by Crippen LogP contribution is -2.38. The highest BCUT2D eigenvalue weighted by Gasteiger charge is 2.08. The number of nitrogens with zero attached hydrogens (tertiary/aromatic N) is 3. The second-order valence-electron chi connectivity index (χ2n) is 5.86. The van der Waals surface area contributed by atoms with Crippen LogP contribution in [0.15, 0.2) is 65.8 Å². The van der Waals surface area contributed by atoms with Gasteiger partial charge in [0.15, 0.2) is 5.96 Å². The summed E-state index contributed by atoms with van der Waals surface area (Å²) in [5.41, 5.74) is 2.00. The Labute approximate surface area is 170 Å². The van der Waals surface area contributed by atoms with Gasteiger partial charge in [0.2, 0.25) is 0 Å². The van der Waals surface area contributed by atoms with E-state index in [1.807, 2.05) is 36.3 Å². The molecule has 1 heterocycles. The molecule has 0 spiro atoms. The molecule has 26 heavy (non-hydrogen) atoms. The number of hydrogen-bond acceptors (Lipinski definition) is 2. The molecule has 2 aromatic carbocycles. The molecule has 0 aliphatic carbocycles. The lowest BCUT2D eigenvalue weighted by molar-refractivity contribution is 0.475. The summed E-state index contributed by atoms with van der Waals surface area (Å²) >= 11 is 0. The van der Waals surface area contributed by atoms with Gasteiger partial charge in [0.25, 0.3) is 0 Å². The molecule has 1 N–H and O–H groups in total. The van der Waals surface area contributed by atoms with Crippen molar-refractivity contribution in [1.82, 2.24) is 15.2 Å². The molecule has 6 heteroatoms. The van der Waals surface area contributed by atoms with Gasteiger partial charge < -0.3 is 10.2 Å². The van der Waals surface area contributed by atoms with Crippen LogP contribution in [0.5, 0.6) is 0 Å². The first-order valence-electron chi connectivity index (χ1n) is 8.16. The average Bonchev–Trinajstić information content (AvgIpc) is 2.64. The Kier molecular flexibility index (Phi) is 7.32. The predicted molar refractivity (Wildman–Crippen MR) is 115 cm³/mol. The van der Waals surface area contributed by atoms with Gasteiger partial charge in [-0.1, -0.05) is 36.4 Å². The van der Waals surface area contributed by atoms with Crippen molar-refractivity contribution in [1.29, 1.82) is 0 Å². The molecule has 136 valence electrons. The second-order valence-corrected chi connectivity index (χ2v) is 5.86. The third kappa shape index (κ3) is 4.91. The van der Waals surface area contributed by atoms with E-state index in [0.29, 0.717) is 13.1 Å². The molecule has 0 saturated heterocycles. The quantitative estimate of drug-likeness (QED) is 0.358. The fourth-order valence-corrected chi connectivity index (χ4v) is 2.81. The van der Waals surface area contributed by atoms with Crippen molar-refractivity contribution in [2.45, 2.75) is 13.1 Å². The molecule has 0 amide bonds. The summed E-state index contributed by atoms with van der Waals surface area (Å²) in [6, 6.07) is 16.7. The topological polar surface area (TPSA) is 40.5 Å². The molecule has 0 aliphatic rings. The third-order valence-electron chi connectivity index (χ3n) is 4.08. The summed E-state index contributed by atoms with van der Waals surface area (Å²) in [6.45, 7) is 1.23. The molecule has 3 rings (SSSR count). The fraction of sp³-hybridized carbons (Fsp3) is 0.200. The van der Waals surface area contributed by atoms with E-state index in [4.69, 9.17) is 0 Å². The Morgan fingerprint density at radius 3 is 2.58 bits per heavy atom. The number of benzene rings is 2. The minimum Gasteiger partial charge on any atom is -0.351 e. The summed E-state index contributed by atoms with van der Waals surface area (Å²) in [5, 5.41) is 5.65. The zero-order valence-corrected chi connectivity index (χ0v) is 17.1. The molecule has 0 fully saturated rings. The summed E-state index contributed by atoms with van der Waals surface area (Å²) < 4.78 is 13.0. The molecule has 0 saturated carbocycles. The van der Waals surface area contributed by atoms with Crippen molar-refractivity contribution in [2.24, 2.45) is 4.99 Å². The number of hydrogen-bond donors (Lipinski definition) is 1. The Morgan fingerprint density at radius 2 is 1.85 bits per heavy atom. The second kappa shape index (κ2) is 9.47. The average molecular weight is 464 g/mol. The first kappa shape index (κ1) is 20.1. The van der Waals surface area contributed by atoms with Crippen LogP contribution in [-0.2, 0) is 13.1 Å². The van der Waals surface area contributed by atoms with Gasteiger partial charge in [-0.15, -0.1) is 24.0 Å². The van der Waals surface area contributed by atoms with Crippen molar-refractivity contribution in [2.75, 3.05) is 14.1 Å². The smallest absolute Gasteiger partial charge is 0.194 e. The van der Waals surface area contributed by atoms with Crippen LogP contribution in [0.2, 0.25) is 0 Å². The number of pyridine rings is 1. The Morgan fingerprint density at radius 1 is 1.12 bits per heavy atom. The Hall–Kier alpha value is -2.22. The lowest BCUT2D eigenvalue weighted by Gasteiger charge is -2.22. The molecule has 0 bridgehead atoms. The van der Waals surface area contributed by atoms with Crippen LogP contribution >= 0.6 is 24.0 Å². The zero-order valence-electron chi connectivity index (χ0n) is 14.8. The standard InChI is InChI=1S/C20H21FN4.HI/c1-22-20(25(2)14-15-7-9-17(21)10-8-15)24-13-19-18-6-4-3-5-16(18)11-12-23-19;/h3-12H,13-14H2,1-2H3,(H,22,24);1H. The minimum absolute atomic E-state index is 0. The number of aromatic nitrogens is 1. The molecule has 0 radical (unpaired) electrons. The van der Waals surface area contributed by atoms with E-state index in [2.05, 4.69) is 27.4 Å². The zero-order chi connectivity index (χ0) is 17.6. The number of aliphatic imine (C=N–C) groups is 1. The van der Waals surface area contributed by atoms with E-state index in [1.165, 1.54) is 17.5 Å². The first-order chi connectivity index (χ1) is 12.2. The van der Waals surface area contributed by atoms with Gasteiger partial charge >= 0.3 is 0 Å². The maximum Gasteiger partial charge on any atom is 0.194 e. The van der Waals surface area contributed by atoms with Crippen LogP contribution < -0.4 is 5.32 Å².